The van der Waals surface area contributed by atoms with Gasteiger partial charge in [-0.05, 0) is 98.6 Å². The van der Waals surface area contributed by atoms with E-state index in [2.05, 4.69) is 23.9 Å². The molecule has 1 aromatic carbocycles. The summed E-state index contributed by atoms with van der Waals surface area (Å²) < 4.78 is 14.3. The Labute approximate surface area is 183 Å². The summed E-state index contributed by atoms with van der Waals surface area (Å²) in [5, 5.41) is 24.4. The van der Waals surface area contributed by atoms with E-state index in [4.69, 9.17) is 0 Å². The molecule has 162 valence electrons. The minimum absolute atomic E-state index is 0.0662. The number of halogens is 1. The lowest BCUT2D eigenvalue weighted by Crippen LogP contribution is -2.51. The number of nitrogens with zero attached hydrogens (tertiary/aromatic N) is 1. The van der Waals surface area contributed by atoms with Crippen LogP contribution < -0.4 is 0 Å². The maximum atomic E-state index is 14.3. The lowest BCUT2D eigenvalue weighted by atomic mass is 9.51. The Bertz CT molecular complexity index is 1070. The molecule has 0 radical (unpaired) electrons. The van der Waals surface area contributed by atoms with Crippen molar-refractivity contribution in [3.63, 3.8) is 0 Å². The first-order chi connectivity index (χ1) is 14.9. The summed E-state index contributed by atoms with van der Waals surface area (Å²) >= 11 is 0. The van der Waals surface area contributed by atoms with E-state index in [1.165, 1.54) is 22.8 Å². The molecular formula is C27H30FNO2. The summed E-state index contributed by atoms with van der Waals surface area (Å²) in [4.78, 5) is 0. The van der Waals surface area contributed by atoms with Crippen LogP contribution in [0.15, 0.2) is 52.2 Å². The van der Waals surface area contributed by atoms with E-state index in [1.54, 1.807) is 19.1 Å². The van der Waals surface area contributed by atoms with Crippen LogP contribution >= 0.6 is 0 Å². The first kappa shape index (κ1) is 20.5. The lowest BCUT2D eigenvalue weighted by molar-refractivity contribution is -0.0513. The van der Waals surface area contributed by atoms with Crippen LogP contribution in [0.25, 0.3) is 0 Å². The topological polar surface area (TPSA) is 52.8 Å². The predicted molar refractivity (Wildman–Crippen MR) is 119 cm³/mol. The molecule has 0 bridgehead atoms. The molecule has 0 aliphatic heterocycles. The summed E-state index contributed by atoms with van der Waals surface area (Å²) in [7, 11) is 0. The number of hydrogen-bond donors (Lipinski definition) is 2. The molecule has 0 aromatic heterocycles. The molecule has 1 aromatic rings. The van der Waals surface area contributed by atoms with Crippen LogP contribution in [-0.4, -0.2) is 21.6 Å². The standard InChI is InChI=1S/C27H30FNO2/c1-3-12-27(30)13-11-24-22-9-7-18-15-20(29-31)8-10-21(18)25(22)23(16-26(24,27)2)17-5-4-6-19(28)14-17/h4-6,14-15,22-24,30-31H,7-11,13,16H2,1-2H3/t22-,23+,24-,26-,27-/m0/s1. The number of oxime groups is 1. The molecule has 4 aliphatic rings. The zero-order valence-electron chi connectivity index (χ0n) is 18.3. The zero-order chi connectivity index (χ0) is 21.8. The molecule has 0 heterocycles. The van der Waals surface area contributed by atoms with E-state index in [0.29, 0.717) is 18.3 Å². The number of allylic oxidation sites excluding steroid dienone is 4. The molecule has 5 rings (SSSR count). The van der Waals surface area contributed by atoms with Crippen molar-refractivity contribution in [2.45, 2.75) is 70.3 Å². The molecule has 31 heavy (non-hydrogen) atoms. The normalized spacial score (nSPS) is 38.0. The minimum Gasteiger partial charge on any atom is -0.411 e. The molecule has 0 amide bonds. The van der Waals surface area contributed by atoms with Crippen molar-refractivity contribution in [1.82, 2.24) is 0 Å². The van der Waals surface area contributed by atoms with Crippen LogP contribution in [0, 0.1) is 34.9 Å². The molecule has 0 spiro atoms. The van der Waals surface area contributed by atoms with Crippen molar-refractivity contribution in [3.8, 4) is 11.8 Å². The molecule has 0 saturated heterocycles. The summed E-state index contributed by atoms with van der Waals surface area (Å²) in [6.07, 6.45) is 8.07. The molecule has 2 saturated carbocycles. The van der Waals surface area contributed by atoms with E-state index in [9.17, 15) is 14.7 Å². The molecule has 4 heteroatoms. The van der Waals surface area contributed by atoms with Gasteiger partial charge in [0, 0.05) is 11.3 Å². The Morgan fingerprint density at radius 2 is 2.03 bits per heavy atom. The van der Waals surface area contributed by atoms with Crippen LogP contribution in [0.5, 0.6) is 0 Å². The third-order valence-corrected chi connectivity index (χ3v) is 8.61. The van der Waals surface area contributed by atoms with Crippen molar-refractivity contribution in [2.24, 2.45) is 22.4 Å². The second kappa shape index (κ2) is 7.35. The highest BCUT2D eigenvalue weighted by molar-refractivity contribution is 5.97. The Kier molecular flexibility index (Phi) is 4.86. The van der Waals surface area contributed by atoms with Crippen LogP contribution in [0.1, 0.15) is 70.3 Å². The van der Waals surface area contributed by atoms with Crippen molar-refractivity contribution in [1.29, 1.82) is 0 Å². The monoisotopic (exact) mass is 419 g/mol. The Morgan fingerprint density at radius 1 is 1.19 bits per heavy atom. The Balaban J connectivity index is 1.70. The van der Waals surface area contributed by atoms with Gasteiger partial charge in [-0.25, -0.2) is 4.39 Å². The van der Waals surface area contributed by atoms with Crippen molar-refractivity contribution in [3.05, 3.63) is 58.4 Å². The van der Waals surface area contributed by atoms with Gasteiger partial charge in [-0.2, -0.15) is 0 Å². The van der Waals surface area contributed by atoms with Gasteiger partial charge >= 0.3 is 0 Å². The zero-order valence-corrected chi connectivity index (χ0v) is 18.3. The maximum Gasteiger partial charge on any atom is 0.131 e. The third-order valence-electron chi connectivity index (χ3n) is 8.61. The van der Waals surface area contributed by atoms with Gasteiger partial charge in [0.2, 0.25) is 0 Å². The smallest absolute Gasteiger partial charge is 0.131 e. The Morgan fingerprint density at radius 3 is 2.77 bits per heavy atom. The van der Waals surface area contributed by atoms with Crippen LogP contribution in [-0.2, 0) is 0 Å². The summed E-state index contributed by atoms with van der Waals surface area (Å²) in [5.74, 6) is 6.75. The first-order valence-corrected chi connectivity index (χ1v) is 11.5. The second-order valence-electron chi connectivity index (χ2n) is 9.95. The summed E-state index contributed by atoms with van der Waals surface area (Å²) in [5.41, 5.74) is 4.52. The minimum atomic E-state index is -0.992. The van der Waals surface area contributed by atoms with Gasteiger partial charge in [0.1, 0.15) is 11.4 Å². The third kappa shape index (κ3) is 3.01. The SMILES string of the molecule is CC#C[C@]1(O)CC[C@H]2[C@@H]3CCC4=CC(=NO)CCC4=C3[C@@H](c3cccc(F)c3)C[C@@]21C. The van der Waals surface area contributed by atoms with Crippen molar-refractivity contribution in [2.75, 3.05) is 0 Å². The summed E-state index contributed by atoms with van der Waals surface area (Å²) in [6.45, 7) is 4.01. The van der Waals surface area contributed by atoms with Gasteiger partial charge in [0.15, 0.2) is 0 Å². The average Bonchev–Trinajstić information content (AvgIpc) is 3.03. The molecule has 0 unspecified atom stereocenters. The number of benzene rings is 1. The fourth-order valence-electron chi connectivity index (χ4n) is 7.19. The second-order valence-corrected chi connectivity index (χ2v) is 9.95. The van der Waals surface area contributed by atoms with Gasteiger partial charge in [0.25, 0.3) is 0 Å². The molecule has 2 fully saturated rings. The number of fused-ring (bicyclic) bond motifs is 4. The highest BCUT2D eigenvalue weighted by Gasteiger charge is 2.62. The van der Waals surface area contributed by atoms with E-state index in [0.717, 1.165) is 49.8 Å². The lowest BCUT2D eigenvalue weighted by Gasteiger charge is -2.53. The molecule has 5 atom stereocenters. The highest BCUT2D eigenvalue weighted by Crippen LogP contribution is 2.66. The van der Waals surface area contributed by atoms with E-state index < -0.39 is 5.60 Å². The number of aliphatic hydroxyl groups is 1. The van der Waals surface area contributed by atoms with Crippen LogP contribution in [0.4, 0.5) is 4.39 Å². The fraction of sp³-hybridized carbons (Fsp3) is 0.519. The van der Waals surface area contributed by atoms with Crippen LogP contribution in [0.3, 0.4) is 0 Å². The number of rotatable bonds is 1. The van der Waals surface area contributed by atoms with Gasteiger partial charge < -0.3 is 10.3 Å². The van der Waals surface area contributed by atoms with E-state index in [1.807, 2.05) is 12.1 Å². The van der Waals surface area contributed by atoms with Crippen molar-refractivity contribution >= 4 is 5.71 Å². The highest BCUT2D eigenvalue weighted by atomic mass is 19.1. The van der Waals surface area contributed by atoms with Gasteiger partial charge in [-0.3, -0.25) is 0 Å². The molecule has 4 aliphatic carbocycles. The fourth-order valence-corrected chi connectivity index (χ4v) is 7.19. The Hall–Kier alpha value is -2.38. The van der Waals surface area contributed by atoms with Crippen molar-refractivity contribution < 1.29 is 14.7 Å². The quantitative estimate of drug-likeness (QED) is 0.346. The molecule has 2 N–H and O–H groups in total. The predicted octanol–water partition coefficient (Wildman–Crippen LogP) is 5.74. The largest absolute Gasteiger partial charge is 0.411 e. The van der Waals surface area contributed by atoms with Gasteiger partial charge in [-0.1, -0.05) is 35.7 Å². The maximum absolute atomic E-state index is 14.3. The van der Waals surface area contributed by atoms with E-state index in [-0.39, 0.29) is 17.2 Å². The van der Waals surface area contributed by atoms with Gasteiger partial charge in [0.05, 0.1) is 5.71 Å². The van der Waals surface area contributed by atoms with E-state index >= 15 is 0 Å². The van der Waals surface area contributed by atoms with Crippen LogP contribution in [0.2, 0.25) is 0 Å². The molecular weight excluding hydrogens is 389 g/mol. The first-order valence-electron chi connectivity index (χ1n) is 11.5. The molecule has 3 nitrogen and oxygen atoms in total. The number of hydrogen-bond acceptors (Lipinski definition) is 3. The van der Waals surface area contributed by atoms with Gasteiger partial charge in [-0.15, -0.1) is 5.92 Å². The average molecular weight is 420 g/mol. The summed E-state index contributed by atoms with van der Waals surface area (Å²) in [6, 6.07) is 6.99.